The van der Waals surface area contributed by atoms with E-state index in [0.717, 1.165) is 6.42 Å². The van der Waals surface area contributed by atoms with Crippen molar-refractivity contribution >= 4 is 44.1 Å². The molecule has 2 heterocycles. The molecule has 1 aliphatic heterocycles. The Morgan fingerprint density at radius 2 is 1.63 bits per heavy atom. The second-order valence-corrected chi connectivity index (χ2v) is 12.7. The van der Waals surface area contributed by atoms with Gasteiger partial charge in [-0.15, -0.1) is 0 Å². The molecule has 2 heteroatoms. The Kier molecular flexibility index (Phi) is 5.06. The molecule has 0 spiro atoms. The van der Waals surface area contributed by atoms with Crippen molar-refractivity contribution in [2.45, 2.75) is 63.2 Å². The van der Waals surface area contributed by atoms with Crippen LogP contribution in [-0.4, -0.2) is 0 Å². The van der Waals surface area contributed by atoms with Crippen LogP contribution >= 0.6 is 11.8 Å². The van der Waals surface area contributed by atoms with Gasteiger partial charge in [0.05, 0.1) is 10.9 Å². The lowest BCUT2D eigenvalue weighted by Crippen LogP contribution is -2.32. The predicted molar refractivity (Wildman–Crippen MR) is 152 cm³/mol. The summed E-state index contributed by atoms with van der Waals surface area (Å²) in [7, 11) is 2.21. The number of benzene rings is 4. The van der Waals surface area contributed by atoms with E-state index in [1.807, 2.05) is 11.8 Å². The van der Waals surface area contributed by atoms with Gasteiger partial charge in [-0.25, -0.2) is 4.57 Å². The molecule has 0 aliphatic carbocycles. The van der Waals surface area contributed by atoms with E-state index in [9.17, 15) is 0 Å². The maximum atomic E-state index is 2.45. The summed E-state index contributed by atoms with van der Waals surface area (Å²) in [6, 6.07) is 20.9. The number of rotatable bonds is 2. The van der Waals surface area contributed by atoms with Gasteiger partial charge in [-0.2, -0.15) is 0 Å². The summed E-state index contributed by atoms with van der Waals surface area (Å²) in [6.07, 6.45) is 3.38. The van der Waals surface area contributed by atoms with E-state index in [0.29, 0.717) is 5.92 Å². The lowest BCUT2D eigenvalue weighted by Gasteiger charge is -2.30. The van der Waals surface area contributed by atoms with Gasteiger partial charge in [0, 0.05) is 21.2 Å². The van der Waals surface area contributed by atoms with Gasteiger partial charge in [0.25, 0.3) is 0 Å². The summed E-state index contributed by atoms with van der Waals surface area (Å²) in [5, 5.41) is 8.24. The van der Waals surface area contributed by atoms with Crippen molar-refractivity contribution in [1.82, 2.24) is 0 Å². The fraction of sp³-hybridized carbons (Fsp3) is 0.303. The molecule has 6 rings (SSSR count). The van der Waals surface area contributed by atoms with E-state index in [1.165, 1.54) is 70.1 Å². The van der Waals surface area contributed by atoms with Gasteiger partial charge >= 0.3 is 0 Å². The van der Waals surface area contributed by atoms with E-state index in [2.05, 4.69) is 114 Å². The first-order valence-corrected chi connectivity index (χ1v) is 13.6. The second-order valence-electron chi connectivity index (χ2n) is 11.7. The molecule has 0 amide bonds. The molecule has 1 aliphatic rings. The largest absolute Gasteiger partial charge is 0.222 e. The van der Waals surface area contributed by atoms with Crippen molar-refractivity contribution in [1.29, 1.82) is 0 Å². The number of nitrogens with zero attached hydrogens (tertiary/aromatic N) is 1. The van der Waals surface area contributed by atoms with Crippen LogP contribution in [0.25, 0.3) is 43.6 Å². The molecule has 0 fully saturated rings. The molecule has 0 bridgehead atoms. The first kappa shape index (κ1) is 22.6. The fourth-order valence-corrected chi connectivity index (χ4v) is 7.70. The Hall–Kier alpha value is -2.84. The molecule has 1 aromatic heterocycles. The highest BCUT2D eigenvalue weighted by Gasteiger charge is 2.35. The van der Waals surface area contributed by atoms with Crippen LogP contribution in [0.15, 0.2) is 70.6 Å². The van der Waals surface area contributed by atoms with Crippen LogP contribution < -0.4 is 4.57 Å². The van der Waals surface area contributed by atoms with Crippen molar-refractivity contribution in [2.75, 3.05) is 0 Å². The molecular weight excluding hydrogens is 442 g/mol. The maximum absolute atomic E-state index is 2.45. The van der Waals surface area contributed by atoms with Gasteiger partial charge in [-0.3, -0.25) is 0 Å². The Morgan fingerprint density at radius 1 is 0.886 bits per heavy atom. The zero-order chi connectivity index (χ0) is 24.6. The van der Waals surface area contributed by atoms with Gasteiger partial charge in [0.2, 0.25) is 5.69 Å². The molecule has 0 saturated carbocycles. The van der Waals surface area contributed by atoms with Crippen molar-refractivity contribution in [3.8, 4) is 11.3 Å². The van der Waals surface area contributed by atoms with Crippen molar-refractivity contribution < 1.29 is 4.57 Å². The van der Waals surface area contributed by atoms with Gasteiger partial charge in [0.1, 0.15) is 7.05 Å². The van der Waals surface area contributed by atoms with E-state index in [-0.39, 0.29) is 5.41 Å². The van der Waals surface area contributed by atoms with Crippen LogP contribution in [0.2, 0.25) is 0 Å². The summed E-state index contributed by atoms with van der Waals surface area (Å²) >= 11 is 1.99. The first-order chi connectivity index (χ1) is 16.6. The van der Waals surface area contributed by atoms with E-state index in [1.54, 1.807) is 0 Å². The van der Waals surface area contributed by atoms with Crippen LogP contribution in [0.4, 0.5) is 0 Å². The first-order valence-electron chi connectivity index (χ1n) is 12.8. The molecule has 176 valence electrons. The van der Waals surface area contributed by atoms with Crippen molar-refractivity contribution in [3.63, 3.8) is 0 Å². The molecule has 5 aromatic rings. The van der Waals surface area contributed by atoms with Gasteiger partial charge in [-0.05, 0) is 69.0 Å². The molecule has 1 nitrogen and oxygen atoms in total. The smallest absolute Gasteiger partial charge is 0.200 e. The van der Waals surface area contributed by atoms with Crippen LogP contribution in [0.3, 0.4) is 0 Å². The molecule has 0 atom stereocenters. The molecule has 4 aromatic carbocycles. The zero-order valence-electron chi connectivity index (χ0n) is 21.9. The minimum Gasteiger partial charge on any atom is -0.200 e. The Labute approximate surface area is 213 Å². The van der Waals surface area contributed by atoms with E-state index >= 15 is 0 Å². The average molecular weight is 477 g/mol. The number of hydrogen-bond acceptors (Lipinski definition) is 1. The molecular formula is C33H34NS+. The highest BCUT2D eigenvalue weighted by atomic mass is 32.2. The normalized spacial score (nSPS) is 13.3. The molecule has 35 heavy (non-hydrogen) atoms. The predicted octanol–water partition coefficient (Wildman–Crippen LogP) is 8.91. The minimum absolute atomic E-state index is 0.0373. The lowest BCUT2D eigenvalue weighted by molar-refractivity contribution is -0.659. The fourth-order valence-electron chi connectivity index (χ4n) is 6.11. The number of aryl methyl sites for hydroxylation is 2. The second kappa shape index (κ2) is 7.83. The van der Waals surface area contributed by atoms with Crippen LogP contribution in [0.5, 0.6) is 0 Å². The van der Waals surface area contributed by atoms with E-state index < -0.39 is 0 Å². The number of fused-ring (bicyclic) bond motifs is 5. The maximum Gasteiger partial charge on any atom is 0.222 e. The Bertz CT molecular complexity index is 1670. The van der Waals surface area contributed by atoms with Gasteiger partial charge in [0.15, 0.2) is 6.20 Å². The standard InChI is InChI=1S/C33H34NS/c1-19(2)16-21-12-13-24-22(17-21)18-27-29-25(24)14-15-34(7)31(29)28-20(3)23-10-8-9-11-26(23)30(32(28)35-27)33(4,5)6/h8-15,17-19H,16H2,1-7H3/q+1. The molecule has 0 N–H and O–H groups in total. The van der Waals surface area contributed by atoms with Crippen LogP contribution in [-0.2, 0) is 18.9 Å². The molecule has 0 radical (unpaired) electrons. The molecule has 0 saturated heterocycles. The zero-order valence-corrected chi connectivity index (χ0v) is 22.7. The highest BCUT2D eigenvalue weighted by Crippen LogP contribution is 2.54. The Balaban J connectivity index is 1.77. The van der Waals surface area contributed by atoms with Crippen molar-refractivity contribution in [3.05, 3.63) is 77.5 Å². The summed E-state index contributed by atoms with van der Waals surface area (Å²) in [6.45, 7) is 14.0. The summed E-state index contributed by atoms with van der Waals surface area (Å²) in [5.41, 5.74) is 7.09. The number of pyridine rings is 1. The number of aromatic nitrogens is 1. The summed E-state index contributed by atoms with van der Waals surface area (Å²) < 4.78 is 2.34. The van der Waals surface area contributed by atoms with Crippen LogP contribution in [0, 0.1) is 12.8 Å². The summed E-state index contributed by atoms with van der Waals surface area (Å²) in [5.74, 6) is 0.656. The lowest BCUT2D eigenvalue weighted by atomic mass is 9.80. The topological polar surface area (TPSA) is 3.88 Å². The van der Waals surface area contributed by atoms with E-state index in [4.69, 9.17) is 0 Å². The SMILES string of the molecule is Cc1c2c(c(C(C)(C)C)c3ccccc13)Sc1cc3cc(CC(C)C)ccc3c3cc[n+](C)c-2c13. The van der Waals surface area contributed by atoms with Crippen molar-refractivity contribution in [2.24, 2.45) is 13.0 Å². The van der Waals surface area contributed by atoms with Gasteiger partial charge in [-0.1, -0.05) is 88.8 Å². The quantitative estimate of drug-likeness (QED) is 0.178. The third kappa shape index (κ3) is 3.41. The third-order valence-electron chi connectivity index (χ3n) is 7.54. The summed E-state index contributed by atoms with van der Waals surface area (Å²) in [4.78, 5) is 2.81. The monoisotopic (exact) mass is 476 g/mol. The minimum atomic E-state index is 0.0373. The number of hydrogen-bond donors (Lipinski definition) is 0. The van der Waals surface area contributed by atoms with Crippen LogP contribution in [0.1, 0.15) is 51.3 Å². The van der Waals surface area contributed by atoms with Gasteiger partial charge < -0.3 is 0 Å². The average Bonchev–Trinajstić information content (AvgIpc) is 2.79. The highest BCUT2D eigenvalue weighted by molar-refractivity contribution is 8.00. The third-order valence-corrected chi connectivity index (χ3v) is 8.69. The Morgan fingerprint density at radius 3 is 2.34 bits per heavy atom. The molecule has 0 unspecified atom stereocenters.